The molecule has 0 spiro atoms. The van der Waals surface area contributed by atoms with Crippen LogP contribution < -0.4 is 0 Å². The maximum atomic E-state index is 6.14. The maximum absolute atomic E-state index is 6.14. The summed E-state index contributed by atoms with van der Waals surface area (Å²) in [6.07, 6.45) is 6.42. The van der Waals surface area contributed by atoms with Gasteiger partial charge in [0.05, 0.1) is 0 Å². The van der Waals surface area contributed by atoms with Crippen molar-refractivity contribution in [3.8, 4) is 0 Å². The molecule has 1 fully saturated rings. The summed E-state index contributed by atoms with van der Waals surface area (Å²) in [6, 6.07) is 8.60. The second-order valence-electron chi connectivity index (χ2n) is 4.65. The van der Waals surface area contributed by atoms with E-state index in [2.05, 4.69) is 40.2 Å². The Bertz CT molecular complexity index is 329. The van der Waals surface area contributed by atoms with E-state index in [-0.39, 0.29) is 0 Å². The number of hydrogen-bond donors (Lipinski definition) is 0. The van der Waals surface area contributed by atoms with Gasteiger partial charge >= 0.3 is 0 Å². The molecular weight excluding hydrogens is 272 g/mol. The van der Waals surface area contributed by atoms with Crippen LogP contribution in [-0.4, -0.2) is 5.88 Å². The molecule has 0 heterocycles. The van der Waals surface area contributed by atoms with E-state index in [1.54, 1.807) is 0 Å². The highest BCUT2D eigenvalue weighted by molar-refractivity contribution is 9.10. The highest BCUT2D eigenvalue weighted by Gasteiger charge is 2.32. The van der Waals surface area contributed by atoms with Gasteiger partial charge in [-0.05, 0) is 42.4 Å². The zero-order valence-corrected chi connectivity index (χ0v) is 11.1. The van der Waals surface area contributed by atoms with Crippen LogP contribution in [0, 0.1) is 5.41 Å². The summed E-state index contributed by atoms with van der Waals surface area (Å²) < 4.78 is 1.17. The lowest BCUT2D eigenvalue weighted by Gasteiger charge is -2.26. The van der Waals surface area contributed by atoms with Gasteiger partial charge in [-0.2, -0.15) is 0 Å². The first kappa shape index (κ1) is 11.5. The number of hydrogen-bond acceptors (Lipinski definition) is 0. The van der Waals surface area contributed by atoms with Crippen molar-refractivity contribution in [3.63, 3.8) is 0 Å². The van der Waals surface area contributed by atoms with Crippen molar-refractivity contribution in [2.75, 3.05) is 5.88 Å². The standard InChI is InChI=1S/C13H16BrCl/c14-12-5-3-4-11(8-12)9-13(10-15)6-1-2-7-13/h3-5,8H,1-2,6-7,9-10H2. The van der Waals surface area contributed by atoms with Gasteiger partial charge in [0.15, 0.2) is 0 Å². The SMILES string of the molecule is ClCC1(Cc2cccc(Br)c2)CCCC1. The van der Waals surface area contributed by atoms with Crippen molar-refractivity contribution in [1.29, 1.82) is 0 Å². The van der Waals surface area contributed by atoms with E-state index in [0.29, 0.717) is 5.41 Å². The molecule has 0 unspecified atom stereocenters. The molecule has 0 aromatic heterocycles. The van der Waals surface area contributed by atoms with Gasteiger partial charge in [-0.15, -0.1) is 11.6 Å². The molecule has 1 aliphatic carbocycles. The van der Waals surface area contributed by atoms with Crippen LogP contribution in [0.3, 0.4) is 0 Å². The predicted molar refractivity (Wildman–Crippen MR) is 69.5 cm³/mol. The number of rotatable bonds is 3. The van der Waals surface area contributed by atoms with E-state index < -0.39 is 0 Å². The maximum Gasteiger partial charge on any atom is 0.0283 e. The van der Waals surface area contributed by atoms with Crippen LogP contribution >= 0.6 is 27.5 Å². The van der Waals surface area contributed by atoms with Crippen LogP contribution in [-0.2, 0) is 6.42 Å². The van der Waals surface area contributed by atoms with Crippen molar-refractivity contribution in [2.24, 2.45) is 5.41 Å². The van der Waals surface area contributed by atoms with Crippen molar-refractivity contribution < 1.29 is 0 Å². The van der Waals surface area contributed by atoms with Gasteiger partial charge in [-0.3, -0.25) is 0 Å². The molecule has 1 aromatic rings. The summed E-state index contributed by atoms with van der Waals surface area (Å²) in [4.78, 5) is 0. The molecule has 1 saturated carbocycles. The van der Waals surface area contributed by atoms with Crippen LogP contribution in [0.2, 0.25) is 0 Å². The highest BCUT2D eigenvalue weighted by Crippen LogP contribution is 2.42. The molecule has 0 amide bonds. The van der Waals surface area contributed by atoms with Crippen molar-refractivity contribution in [2.45, 2.75) is 32.1 Å². The molecule has 0 aliphatic heterocycles. The first-order chi connectivity index (χ1) is 7.24. The summed E-state index contributed by atoms with van der Waals surface area (Å²) in [7, 11) is 0. The lowest BCUT2D eigenvalue weighted by molar-refractivity contribution is 0.341. The van der Waals surface area contributed by atoms with Gasteiger partial charge < -0.3 is 0 Å². The molecule has 2 rings (SSSR count). The van der Waals surface area contributed by atoms with Crippen molar-refractivity contribution in [3.05, 3.63) is 34.3 Å². The summed E-state index contributed by atoms with van der Waals surface area (Å²) >= 11 is 9.66. The Labute approximate surface area is 105 Å². The van der Waals surface area contributed by atoms with E-state index in [9.17, 15) is 0 Å². The minimum atomic E-state index is 0.377. The first-order valence-electron chi connectivity index (χ1n) is 5.55. The minimum absolute atomic E-state index is 0.377. The number of halogens is 2. The Morgan fingerprint density at radius 2 is 2.00 bits per heavy atom. The average molecular weight is 288 g/mol. The van der Waals surface area contributed by atoms with Gasteiger partial charge in [0.1, 0.15) is 0 Å². The topological polar surface area (TPSA) is 0 Å². The second kappa shape index (κ2) is 4.88. The minimum Gasteiger partial charge on any atom is -0.126 e. The third-order valence-corrected chi connectivity index (χ3v) is 4.48. The van der Waals surface area contributed by atoms with E-state index in [4.69, 9.17) is 11.6 Å². The normalized spacial score (nSPS) is 19.3. The quantitative estimate of drug-likeness (QED) is 0.701. The number of alkyl halides is 1. The van der Waals surface area contributed by atoms with Crippen LogP contribution in [0.1, 0.15) is 31.2 Å². The molecule has 0 bridgehead atoms. The molecule has 0 radical (unpaired) electrons. The number of benzene rings is 1. The molecule has 0 saturated heterocycles. The van der Waals surface area contributed by atoms with E-state index in [1.165, 1.54) is 35.7 Å². The molecule has 0 atom stereocenters. The fourth-order valence-electron chi connectivity index (χ4n) is 2.56. The monoisotopic (exact) mass is 286 g/mol. The van der Waals surface area contributed by atoms with E-state index in [0.717, 1.165) is 12.3 Å². The first-order valence-corrected chi connectivity index (χ1v) is 6.87. The molecule has 15 heavy (non-hydrogen) atoms. The largest absolute Gasteiger partial charge is 0.126 e. The van der Waals surface area contributed by atoms with Gasteiger partial charge in [0.2, 0.25) is 0 Å². The van der Waals surface area contributed by atoms with Gasteiger partial charge in [0.25, 0.3) is 0 Å². The van der Waals surface area contributed by atoms with Gasteiger partial charge in [-0.25, -0.2) is 0 Å². The fourth-order valence-corrected chi connectivity index (χ4v) is 3.37. The molecular formula is C13H16BrCl. The molecule has 1 aromatic carbocycles. The summed E-state index contributed by atoms with van der Waals surface area (Å²) in [5.41, 5.74) is 1.79. The second-order valence-corrected chi connectivity index (χ2v) is 5.83. The summed E-state index contributed by atoms with van der Waals surface area (Å²) in [5, 5.41) is 0. The molecule has 0 N–H and O–H groups in total. The zero-order chi connectivity index (χ0) is 10.7. The van der Waals surface area contributed by atoms with Gasteiger partial charge in [-0.1, -0.05) is 40.9 Å². The molecule has 0 nitrogen and oxygen atoms in total. The van der Waals surface area contributed by atoms with Crippen molar-refractivity contribution >= 4 is 27.5 Å². The summed E-state index contributed by atoms with van der Waals surface area (Å²) in [5.74, 6) is 0.805. The Morgan fingerprint density at radius 3 is 2.60 bits per heavy atom. The molecule has 1 aliphatic rings. The van der Waals surface area contributed by atoms with Gasteiger partial charge in [0, 0.05) is 10.4 Å². The van der Waals surface area contributed by atoms with E-state index >= 15 is 0 Å². The predicted octanol–water partition coefficient (Wildman–Crippen LogP) is 4.79. The average Bonchev–Trinajstić information content (AvgIpc) is 2.67. The van der Waals surface area contributed by atoms with E-state index in [1.807, 2.05) is 0 Å². The van der Waals surface area contributed by atoms with Crippen molar-refractivity contribution in [1.82, 2.24) is 0 Å². The lowest BCUT2D eigenvalue weighted by Crippen LogP contribution is -2.21. The van der Waals surface area contributed by atoms with Crippen LogP contribution in [0.5, 0.6) is 0 Å². The Kier molecular flexibility index (Phi) is 3.73. The smallest absolute Gasteiger partial charge is 0.0283 e. The van der Waals surface area contributed by atoms with Crippen LogP contribution in [0.25, 0.3) is 0 Å². The Balaban J connectivity index is 2.12. The Morgan fingerprint density at radius 1 is 1.27 bits per heavy atom. The zero-order valence-electron chi connectivity index (χ0n) is 8.81. The third-order valence-electron chi connectivity index (χ3n) is 3.42. The van der Waals surface area contributed by atoms with Crippen LogP contribution in [0.4, 0.5) is 0 Å². The molecule has 2 heteroatoms. The van der Waals surface area contributed by atoms with Crippen LogP contribution in [0.15, 0.2) is 28.7 Å². The third kappa shape index (κ3) is 2.76. The Hall–Kier alpha value is -0.0100. The highest BCUT2D eigenvalue weighted by atomic mass is 79.9. The lowest BCUT2D eigenvalue weighted by atomic mass is 9.82. The molecule has 82 valence electrons. The fraction of sp³-hybridized carbons (Fsp3) is 0.538. The summed E-state index contributed by atoms with van der Waals surface area (Å²) in [6.45, 7) is 0.